The fourth-order valence-corrected chi connectivity index (χ4v) is 2.22. The molecule has 24 heavy (non-hydrogen) atoms. The highest BCUT2D eigenvalue weighted by Crippen LogP contribution is 2.10. The van der Waals surface area contributed by atoms with E-state index >= 15 is 0 Å². The van der Waals surface area contributed by atoms with Crippen molar-refractivity contribution in [2.75, 3.05) is 27.7 Å². The Kier molecular flexibility index (Phi) is 17.1. The van der Waals surface area contributed by atoms with Gasteiger partial charge in [-0.05, 0) is 12.8 Å². The second-order valence-corrected chi connectivity index (χ2v) is 7.21. The summed E-state index contributed by atoms with van der Waals surface area (Å²) in [5.41, 5.74) is 0. The van der Waals surface area contributed by atoms with Crippen LogP contribution >= 0.6 is 0 Å². The van der Waals surface area contributed by atoms with Crippen LogP contribution in [0.5, 0.6) is 0 Å². The van der Waals surface area contributed by atoms with Crippen molar-refractivity contribution in [3.63, 3.8) is 0 Å². The number of nitrogens with zero attached hydrogens (tertiary/aromatic N) is 1. The van der Waals surface area contributed by atoms with E-state index in [2.05, 4.69) is 28.1 Å². The number of unbranched alkanes of at least 4 members (excludes halogenated alkanes) is 9. The molecule has 0 aliphatic rings. The zero-order valence-electron chi connectivity index (χ0n) is 16.1. The Morgan fingerprint density at radius 3 is 1.33 bits per heavy atom. The van der Waals surface area contributed by atoms with Crippen LogP contribution in [0.25, 0.3) is 0 Å². The van der Waals surface area contributed by atoms with E-state index in [-0.39, 0.29) is 0 Å². The molecule has 0 saturated heterocycles. The van der Waals surface area contributed by atoms with Crippen LogP contribution in [0.3, 0.4) is 0 Å². The molecule has 0 saturated carbocycles. The zero-order chi connectivity index (χ0) is 18.8. The summed E-state index contributed by atoms with van der Waals surface area (Å²) < 4.78 is 1.12. The van der Waals surface area contributed by atoms with Gasteiger partial charge in [0.25, 0.3) is 0 Å². The molecular formula is C19H38NO4+. The molecule has 0 rings (SSSR count). The topological polar surface area (TPSA) is 74.6 Å². The summed E-state index contributed by atoms with van der Waals surface area (Å²) >= 11 is 0. The Morgan fingerprint density at radius 2 is 1.04 bits per heavy atom. The maximum Gasteiger partial charge on any atom is 0.328 e. The van der Waals surface area contributed by atoms with Gasteiger partial charge in [0, 0.05) is 12.2 Å². The second kappa shape index (κ2) is 16.5. The Morgan fingerprint density at radius 1 is 0.708 bits per heavy atom. The van der Waals surface area contributed by atoms with Crippen molar-refractivity contribution in [2.45, 2.75) is 71.1 Å². The highest BCUT2D eigenvalue weighted by Gasteiger charge is 2.04. The zero-order valence-corrected chi connectivity index (χ0v) is 16.1. The highest BCUT2D eigenvalue weighted by atomic mass is 16.4. The molecule has 5 nitrogen and oxygen atoms in total. The molecule has 0 heterocycles. The number of rotatable bonds is 13. The average Bonchev–Trinajstić information content (AvgIpc) is 2.46. The molecule has 0 aromatic carbocycles. The lowest BCUT2D eigenvalue weighted by atomic mass is 10.1. The van der Waals surface area contributed by atoms with Gasteiger partial charge in [0.05, 0.1) is 27.7 Å². The Bertz CT molecular complexity index is 330. The molecule has 0 radical (unpaired) electrons. The quantitative estimate of drug-likeness (QED) is 0.296. The van der Waals surface area contributed by atoms with Crippen LogP contribution in [-0.4, -0.2) is 54.3 Å². The smallest absolute Gasteiger partial charge is 0.328 e. The number of hydrogen-bond acceptors (Lipinski definition) is 2. The lowest BCUT2D eigenvalue weighted by molar-refractivity contribution is -0.870. The van der Waals surface area contributed by atoms with Crippen LogP contribution in [0, 0.1) is 0 Å². The largest absolute Gasteiger partial charge is 0.478 e. The first-order valence-corrected chi connectivity index (χ1v) is 9.13. The standard InChI is InChI=1S/C15H34N.C4H4O4/c1-5-6-7-8-9-10-11-12-13-14-15-16(2,3)4;5-3(6)1-2-4(7)8/h5-15H2,1-4H3;1-2H,(H,5,6)(H,7,8)/q+1;/b;2-1+. The van der Waals surface area contributed by atoms with Gasteiger partial charge in [-0.15, -0.1) is 0 Å². The van der Waals surface area contributed by atoms with Gasteiger partial charge in [0.15, 0.2) is 0 Å². The van der Waals surface area contributed by atoms with E-state index in [4.69, 9.17) is 10.2 Å². The van der Waals surface area contributed by atoms with Crippen molar-refractivity contribution in [3.05, 3.63) is 12.2 Å². The Labute approximate surface area is 148 Å². The molecule has 0 aliphatic heterocycles. The Balaban J connectivity index is 0. The van der Waals surface area contributed by atoms with Gasteiger partial charge in [0.2, 0.25) is 0 Å². The first-order chi connectivity index (χ1) is 11.2. The number of carboxylic acid groups (broad SMARTS) is 2. The van der Waals surface area contributed by atoms with Crippen LogP contribution < -0.4 is 0 Å². The van der Waals surface area contributed by atoms with E-state index in [1.807, 2.05) is 0 Å². The van der Waals surface area contributed by atoms with Gasteiger partial charge in [0.1, 0.15) is 0 Å². The average molecular weight is 345 g/mol. The van der Waals surface area contributed by atoms with Crippen molar-refractivity contribution >= 4 is 11.9 Å². The van der Waals surface area contributed by atoms with Crippen molar-refractivity contribution in [1.29, 1.82) is 0 Å². The number of quaternary nitrogens is 1. The van der Waals surface area contributed by atoms with E-state index < -0.39 is 11.9 Å². The molecule has 0 aliphatic carbocycles. The molecule has 0 aromatic heterocycles. The van der Waals surface area contributed by atoms with Crippen molar-refractivity contribution < 1.29 is 24.3 Å². The molecule has 0 atom stereocenters. The lowest BCUT2D eigenvalue weighted by Crippen LogP contribution is -2.35. The third kappa shape index (κ3) is 28.8. The van der Waals surface area contributed by atoms with Gasteiger partial charge in [-0.2, -0.15) is 0 Å². The molecular weight excluding hydrogens is 306 g/mol. The minimum absolute atomic E-state index is 0.558. The summed E-state index contributed by atoms with van der Waals surface area (Å²) in [6.45, 7) is 3.62. The van der Waals surface area contributed by atoms with Crippen molar-refractivity contribution in [1.82, 2.24) is 0 Å². The fraction of sp³-hybridized carbons (Fsp3) is 0.789. The second-order valence-electron chi connectivity index (χ2n) is 7.21. The summed E-state index contributed by atoms with van der Waals surface area (Å²) in [7, 11) is 6.86. The van der Waals surface area contributed by atoms with E-state index in [0.29, 0.717) is 12.2 Å². The maximum absolute atomic E-state index is 9.55. The fourth-order valence-electron chi connectivity index (χ4n) is 2.22. The first kappa shape index (κ1) is 24.9. The molecule has 0 unspecified atom stereocenters. The first-order valence-electron chi connectivity index (χ1n) is 9.13. The van der Waals surface area contributed by atoms with E-state index in [0.717, 1.165) is 4.48 Å². The molecule has 0 amide bonds. The monoisotopic (exact) mass is 344 g/mol. The molecule has 0 spiro atoms. The number of carbonyl (C=O) groups is 2. The summed E-state index contributed by atoms with van der Waals surface area (Å²) in [6.07, 6.45) is 15.5. The SMILES string of the molecule is CCCCCCCCCCCC[N+](C)(C)C.O=C(O)/C=C/C(=O)O. The lowest BCUT2D eigenvalue weighted by Gasteiger charge is -2.23. The highest BCUT2D eigenvalue weighted by molar-refractivity contribution is 5.89. The van der Waals surface area contributed by atoms with Gasteiger partial charge < -0.3 is 14.7 Å². The molecule has 142 valence electrons. The maximum atomic E-state index is 9.55. The van der Waals surface area contributed by atoms with Crippen LogP contribution in [0.4, 0.5) is 0 Å². The van der Waals surface area contributed by atoms with Crippen LogP contribution in [-0.2, 0) is 9.59 Å². The minimum Gasteiger partial charge on any atom is -0.478 e. The third-order valence-corrected chi connectivity index (χ3v) is 3.55. The predicted octanol–water partition coefficient (Wildman–Crippen LogP) is 4.33. The summed E-state index contributed by atoms with van der Waals surface area (Å²) in [5, 5.41) is 15.6. The van der Waals surface area contributed by atoms with Gasteiger partial charge >= 0.3 is 11.9 Å². The van der Waals surface area contributed by atoms with E-state index in [1.165, 1.54) is 70.8 Å². The van der Waals surface area contributed by atoms with E-state index in [1.54, 1.807) is 0 Å². The van der Waals surface area contributed by atoms with Gasteiger partial charge in [-0.25, -0.2) is 9.59 Å². The normalized spacial score (nSPS) is 11.2. The number of aliphatic carboxylic acids is 2. The van der Waals surface area contributed by atoms with Crippen LogP contribution in [0.15, 0.2) is 12.2 Å². The Hall–Kier alpha value is -1.36. The molecule has 5 heteroatoms. The van der Waals surface area contributed by atoms with Gasteiger partial charge in [-0.3, -0.25) is 0 Å². The van der Waals surface area contributed by atoms with Crippen LogP contribution in [0.1, 0.15) is 71.1 Å². The number of hydrogen-bond donors (Lipinski definition) is 2. The summed E-state index contributed by atoms with van der Waals surface area (Å²) in [6, 6.07) is 0. The van der Waals surface area contributed by atoms with Crippen molar-refractivity contribution in [2.24, 2.45) is 0 Å². The molecule has 0 aromatic rings. The van der Waals surface area contributed by atoms with Crippen LogP contribution in [0.2, 0.25) is 0 Å². The van der Waals surface area contributed by atoms with Gasteiger partial charge in [-0.1, -0.05) is 58.3 Å². The molecule has 0 bridgehead atoms. The summed E-state index contributed by atoms with van der Waals surface area (Å²) in [4.78, 5) is 19.1. The van der Waals surface area contributed by atoms with E-state index in [9.17, 15) is 9.59 Å². The third-order valence-electron chi connectivity index (χ3n) is 3.55. The number of carboxylic acids is 2. The van der Waals surface area contributed by atoms with Crippen molar-refractivity contribution in [3.8, 4) is 0 Å². The minimum atomic E-state index is -1.26. The molecule has 0 fully saturated rings. The predicted molar refractivity (Wildman–Crippen MR) is 99.2 cm³/mol. The summed E-state index contributed by atoms with van der Waals surface area (Å²) in [5.74, 6) is -2.51. The molecule has 2 N–H and O–H groups in total.